The third-order valence-corrected chi connectivity index (χ3v) is 1.93. The molecule has 1 aromatic rings. The smallest absolute Gasteiger partial charge is 0.333 e. The molecule has 0 aliphatic rings. The molecule has 0 fully saturated rings. The maximum absolute atomic E-state index is 11.7. The van der Waals surface area contributed by atoms with E-state index < -0.39 is 11.2 Å². The third kappa shape index (κ3) is 2.07. The molecule has 0 atom stereocenters. The lowest BCUT2D eigenvalue weighted by molar-refractivity contribution is 0.633. The van der Waals surface area contributed by atoms with E-state index in [1.165, 1.54) is 16.7 Å². The standard InChI is InChI=1S/C10H13N3O2/c1-3-5-12-8(11)7-9(14)13(6-4-2)10(12)15/h3-4,7H,1-2,5-6,11H2. The van der Waals surface area contributed by atoms with Crippen LogP contribution in [-0.2, 0) is 13.1 Å². The summed E-state index contributed by atoms with van der Waals surface area (Å²) in [6.45, 7) is 7.45. The Morgan fingerprint density at radius 1 is 1.20 bits per heavy atom. The largest absolute Gasteiger partial charge is 0.385 e. The number of allylic oxidation sites excluding steroid dienone is 2. The van der Waals surface area contributed by atoms with Gasteiger partial charge >= 0.3 is 5.69 Å². The second-order valence-electron chi connectivity index (χ2n) is 2.99. The van der Waals surface area contributed by atoms with Gasteiger partial charge in [0.05, 0.1) is 0 Å². The molecule has 1 heterocycles. The number of nitrogens with zero attached hydrogens (tertiary/aromatic N) is 2. The molecule has 0 aliphatic carbocycles. The summed E-state index contributed by atoms with van der Waals surface area (Å²) in [7, 11) is 0. The summed E-state index contributed by atoms with van der Waals surface area (Å²) in [5.74, 6) is 0.144. The van der Waals surface area contributed by atoms with Crippen molar-refractivity contribution >= 4 is 5.82 Å². The lowest BCUT2D eigenvalue weighted by atomic mass is 10.5. The first-order valence-electron chi connectivity index (χ1n) is 4.43. The van der Waals surface area contributed by atoms with E-state index in [0.29, 0.717) is 0 Å². The van der Waals surface area contributed by atoms with Crippen LogP contribution in [0, 0.1) is 0 Å². The van der Waals surface area contributed by atoms with Crippen molar-refractivity contribution in [3.05, 3.63) is 52.2 Å². The summed E-state index contributed by atoms with van der Waals surface area (Å²) in [5, 5.41) is 0. The number of anilines is 1. The molecule has 0 amide bonds. The normalized spacial score (nSPS) is 9.87. The van der Waals surface area contributed by atoms with Crippen LogP contribution in [0.5, 0.6) is 0 Å². The minimum absolute atomic E-state index is 0.144. The molecule has 1 rings (SSSR count). The molecule has 2 N–H and O–H groups in total. The van der Waals surface area contributed by atoms with Crippen molar-refractivity contribution in [1.29, 1.82) is 0 Å². The minimum atomic E-state index is -0.445. The van der Waals surface area contributed by atoms with Crippen molar-refractivity contribution < 1.29 is 0 Å². The van der Waals surface area contributed by atoms with E-state index in [1.807, 2.05) is 0 Å². The van der Waals surface area contributed by atoms with E-state index in [2.05, 4.69) is 13.2 Å². The number of hydrogen-bond donors (Lipinski definition) is 1. The van der Waals surface area contributed by atoms with Gasteiger partial charge < -0.3 is 5.73 Å². The van der Waals surface area contributed by atoms with Crippen molar-refractivity contribution in [3.63, 3.8) is 0 Å². The molecule has 0 saturated carbocycles. The van der Waals surface area contributed by atoms with Crippen LogP contribution in [0.1, 0.15) is 0 Å². The van der Waals surface area contributed by atoms with Gasteiger partial charge in [-0.3, -0.25) is 13.9 Å². The number of hydrogen-bond acceptors (Lipinski definition) is 3. The van der Waals surface area contributed by atoms with Crippen molar-refractivity contribution in [2.45, 2.75) is 13.1 Å². The summed E-state index contributed by atoms with van der Waals surface area (Å²) in [5.41, 5.74) is 4.69. The van der Waals surface area contributed by atoms with Gasteiger partial charge in [0.2, 0.25) is 0 Å². The molecular weight excluding hydrogens is 194 g/mol. The number of nitrogens with two attached hydrogens (primary N) is 1. The van der Waals surface area contributed by atoms with Crippen molar-refractivity contribution in [1.82, 2.24) is 9.13 Å². The zero-order chi connectivity index (χ0) is 11.4. The van der Waals surface area contributed by atoms with E-state index in [4.69, 9.17) is 5.73 Å². The molecule has 0 aliphatic heterocycles. The van der Waals surface area contributed by atoms with Gasteiger partial charge in [0, 0.05) is 19.2 Å². The number of aromatic nitrogens is 2. The zero-order valence-electron chi connectivity index (χ0n) is 8.35. The van der Waals surface area contributed by atoms with Gasteiger partial charge in [0.25, 0.3) is 5.56 Å². The molecule has 1 aromatic heterocycles. The molecule has 80 valence electrons. The summed E-state index contributed by atoms with van der Waals surface area (Å²) in [6, 6.07) is 1.22. The molecule has 0 bridgehead atoms. The van der Waals surface area contributed by atoms with Crippen LogP contribution in [0.3, 0.4) is 0 Å². The Morgan fingerprint density at radius 3 is 2.27 bits per heavy atom. The first-order valence-corrected chi connectivity index (χ1v) is 4.43. The maximum atomic E-state index is 11.7. The van der Waals surface area contributed by atoms with Crippen LogP contribution in [-0.4, -0.2) is 9.13 Å². The Labute approximate surface area is 86.8 Å². The predicted molar refractivity (Wildman–Crippen MR) is 59.8 cm³/mol. The van der Waals surface area contributed by atoms with Gasteiger partial charge in [-0.25, -0.2) is 4.79 Å². The maximum Gasteiger partial charge on any atom is 0.333 e. The van der Waals surface area contributed by atoms with E-state index in [9.17, 15) is 9.59 Å². The molecule has 0 radical (unpaired) electrons. The van der Waals surface area contributed by atoms with Crippen molar-refractivity contribution in [2.24, 2.45) is 0 Å². The van der Waals surface area contributed by atoms with Crippen LogP contribution in [0.2, 0.25) is 0 Å². The highest BCUT2D eigenvalue weighted by molar-refractivity contribution is 5.27. The van der Waals surface area contributed by atoms with Crippen LogP contribution in [0.25, 0.3) is 0 Å². The highest BCUT2D eigenvalue weighted by Crippen LogP contribution is 1.93. The predicted octanol–water partition coefficient (Wildman–Crippen LogP) is -0.0358. The summed E-state index contributed by atoms with van der Waals surface area (Å²) in [4.78, 5) is 23.1. The molecule has 5 nitrogen and oxygen atoms in total. The van der Waals surface area contributed by atoms with Gasteiger partial charge in [-0.15, -0.1) is 13.2 Å². The van der Waals surface area contributed by atoms with Gasteiger partial charge in [0.15, 0.2) is 0 Å². The summed E-state index contributed by atoms with van der Waals surface area (Å²) in [6.07, 6.45) is 3.03. The molecule has 0 saturated heterocycles. The van der Waals surface area contributed by atoms with E-state index in [1.54, 1.807) is 6.08 Å². The van der Waals surface area contributed by atoms with Gasteiger partial charge in [-0.05, 0) is 0 Å². The topological polar surface area (TPSA) is 70.0 Å². The average Bonchev–Trinajstić information content (AvgIpc) is 2.19. The molecule has 0 aromatic carbocycles. The lowest BCUT2D eigenvalue weighted by Gasteiger charge is -2.09. The second kappa shape index (κ2) is 4.45. The average molecular weight is 207 g/mol. The second-order valence-corrected chi connectivity index (χ2v) is 2.99. The van der Waals surface area contributed by atoms with Crippen LogP contribution >= 0.6 is 0 Å². The van der Waals surface area contributed by atoms with E-state index >= 15 is 0 Å². The van der Waals surface area contributed by atoms with Gasteiger partial charge in [-0.1, -0.05) is 12.2 Å². The van der Waals surface area contributed by atoms with Crippen molar-refractivity contribution in [3.8, 4) is 0 Å². The summed E-state index contributed by atoms with van der Waals surface area (Å²) >= 11 is 0. The third-order valence-electron chi connectivity index (χ3n) is 1.93. The number of rotatable bonds is 4. The first-order chi connectivity index (χ1) is 7.11. The quantitative estimate of drug-likeness (QED) is 0.704. The molecule has 0 spiro atoms. The highest BCUT2D eigenvalue weighted by Gasteiger charge is 2.06. The Hall–Kier alpha value is -2.04. The highest BCUT2D eigenvalue weighted by atomic mass is 16.2. The van der Waals surface area contributed by atoms with Gasteiger partial charge in [-0.2, -0.15) is 0 Å². The first kappa shape index (κ1) is 11.0. The molecular formula is C10H13N3O2. The Bertz CT molecular complexity index is 496. The monoisotopic (exact) mass is 207 g/mol. The fourth-order valence-corrected chi connectivity index (χ4v) is 1.24. The fourth-order valence-electron chi connectivity index (χ4n) is 1.24. The fraction of sp³-hybridized carbons (Fsp3) is 0.200. The SMILES string of the molecule is C=CCn1c(N)cc(=O)n(CC=C)c1=O. The van der Waals surface area contributed by atoms with E-state index in [0.717, 1.165) is 4.57 Å². The van der Waals surface area contributed by atoms with Gasteiger partial charge in [0.1, 0.15) is 5.82 Å². The van der Waals surface area contributed by atoms with Crippen LogP contribution in [0.4, 0.5) is 5.82 Å². The Balaban J connectivity index is 3.48. The Kier molecular flexibility index (Phi) is 3.28. The Morgan fingerprint density at radius 2 is 1.73 bits per heavy atom. The zero-order valence-corrected chi connectivity index (χ0v) is 8.35. The summed E-state index contributed by atoms with van der Waals surface area (Å²) < 4.78 is 2.34. The lowest BCUT2D eigenvalue weighted by Crippen LogP contribution is -2.40. The minimum Gasteiger partial charge on any atom is -0.385 e. The van der Waals surface area contributed by atoms with E-state index in [-0.39, 0.29) is 18.9 Å². The van der Waals surface area contributed by atoms with Crippen molar-refractivity contribution in [2.75, 3.05) is 5.73 Å². The molecule has 15 heavy (non-hydrogen) atoms. The van der Waals surface area contributed by atoms with Crippen LogP contribution in [0.15, 0.2) is 41.0 Å². The molecule has 5 heteroatoms. The van der Waals surface area contributed by atoms with Crippen LogP contribution < -0.4 is 17.0 Å². The number of nitrogen functional groups attached to an aromatic ring is 1. The molecule has 0 unspecified atom stereocenters.